The van der Waals surface area contributed by atoms with Crippen molar-refractivity contribution in [3.63, 3.8) is 0 Å². The highest BCUT2D eigenvalue weighted by Gasteiger charge is 2.25. The van der Waals surface area contributed by atoms with Crippen LogP contribution in [0.25, 0.3) is 57.3 Å². The first-order valence-electron chi connectivity index (χ1n) is 29.6. The van der Waals surface area contributed by atoms with Crippen molar-refractivity contribution >= 4 is 35.1 Å². The lowest BCUT2D eigenvalue weighted by atomic mass is 9.91. The van der Waals surface area contributed by atoms with E-state index in [0.29, 0.717) is 0 Å². The fraction of sp³-hybridized carbons (Fsp3) is 0.231. The minimum Gasteiger partial charge on any atom is -0.0683 e. The first kappa shape index (κ1) is 53.6. The van der Waals surface area contributed by atoms with Gasteiger partial charge in [-0.05, 0) is 192 Å². The van der Waals surface area contributed by atoms with E-state index in [1.807, 2.05) is 55.4 Å². The molecule has 15 rings (SSSR count). The molecular formula is C78H78. The smallest absolute Gasteiger partial charge is 0.000728 e. The van der Waals surface area contributed by atoms with E-state index in [1.54, 1.807) is 0 Å². The molecule has 0 spiro atoms. The second-order valence-corrected chi connectivity index (χ2v) is 20.9. The number of allylic oxidation sites excluding steroid dienone is 4. The lowest BCUT2D eigenvalue weighted by Crippen LogP contribution is -1.95. The summed E-state index contributed by atoms with van der Waals surface area (Å²) in [6.45, 7) is 16.0. The number of rotatable bonds is 8. The van der Waals surface area contributed by atoms with Gasteiger partial charge in [0.2, 0.25) is 0 Å². The third kappa shape index (κ3) is 11.1. The van der Waals surface area contributed by atoms with Gasteiger partial charge in [0.15, 0.2) is 0 Å². The summed E-state index contributed by atoms with van der Waals surface area (Å²) in [6, 6.07) is 68.4. The fourth-order valence-corrected chi connectivity index (χ4v) is 12.8. The van der Waals surface area contributed by atoms with E-state index in [1.165, 1.54) is 144 Å². The Kier molecular flexibility index (Phi) is 17.0. The quantitative estimate of drug-likeness (QED) is 0.142. The zero-order chi connectivity index (χ0) is 54.1. The molecule has 0 heterocycles. The van der Waals surface area contributed by atoms with Crippen LogP contribution in [0.2, 0.25) is 0 Å². The molecular weight excluding hydrogens is 937 g/mol. The monoisotopic (exact) mass is 1010 g/mol. The highest BCUT2D eigenvalue weighted by molar-refractivity contribution is 5.98. The maximum Gasteiger partial charge on any atom is -0.000728 e. The van der Waals surface area contributed by atoms with Gasteiger partial charge in [0.1, 0.15) is 0 Å². The highest BCUT2D eigenvalue weighted by atomic mass is 14.3. The van der Waals surface area contributed by atoms with E-state index >= 15 is 0 Å². The van der Waals surface area contributed by atoms with Crippen LogP contribution in [0.3, 0.4) is 0 Å². The third-order valence-electron chi connectivity index (χ3n) is 16.1. The number of hydrogen-bond donors (Lipinski definition) is 0. The van der Waals surface area contributed by atoms with Crippen LogP contribution < -0.4 is 0 Å². The average Bonchev–Trinajstić information content (AvgIpc) is 4.53. The van der Waals surface area contributed by atoms with Gasteiger partial charge in [-0.2, -0.15) is 0 Å². The Hall–Kier alpha value is -7.80. The lowest BCUT2D eigenvalue weighted by Gasteiger charge is -2.13. The Labute approximate surface area is 467 Å². The predicted octanol–water partition coefficient (Wildman–Crippen LogP) is 20.5. The van der Waals surface area contributed by atoms with Gasteiger partial charge in [0.05, 0.1) is 0 Å². The summed E-state index contributed by atoms with van der Waals surface area (Å²) >= 11 is 0. The van der Waals surface area contributed by atoms with Gasteiger partial charge in [0.25, 0.3) is 0 Å². The Morgan fingerprint density at radius 2 is 0.577 bits per heavy atom. The number of fused-ring (bicyclic) bond motifs is 12. The molecule has 0 aliphatic heterocycles. The van der Waals surface area contributed by atoms with E-state index in [-0.39, 0.29) is 0 Å². The van der Waals surface area contributed by atoms with Crippen molar-refractivity contribution in [1.29, 1.82) is 0 Å². The normalized spacial score (nSPS) is 13.6. The summed E-state index contributed by atoms with van der Waals surface area (Å²) in [5.74, 6) is 0. The molecule has 0 bridgehead atoms. The van der Waals surface area contributed by atoms with Crippen molar-refractivity contribution in [3.8, 4) is 22.3 Å². The summed E-state index contributed by atoms with van der Waals surface area (Å²) in [4.78, 5) is 0. The molecule has 0 unspecified atom stereocenters. The molecule has 6 aliphatic rings. The van der Waals surface area contributed by atoms with E-state index in [9.17, 15) is 0 Å². The minimum atomic E-state index is 1.02. The summed E-state index contributed by atoms with van der Waals surface area (Å²) < 4.78 is 0. The minimum absolute atomic E-state index is 1.02. The summed E-state index contributed by atoms with van der Waals surface area (Å²) in [5, 5.41) is 2.85. The van der Waals surface area contributed by atoms with Crippen LogP contribution in [-0.2, 0) is 64.2 Å². The van der Waals surface area contributed by atoms with Crippen molar-refractivity contribution in [2.24, 2.45) is 0 Å². The first-order valence-corrected chi connectivity index (χ1v) is 29.6. The maximum atomic E-state index is 2.52. The third-order valence-corrected chi connectivity index (χ3v) is 16.1. The van der Waals surface area contributed by atoms with Crippen LogP contribution in [-0.4, -0.2) is 0 Å². The van der Waals surface area contributed by atoms with Crippen molar-refractivity contribution in [2.75, 3.05) is 0 Å². The molecule has 0 N–H and O–H groups in total. The molecule has 78 heavy (non-hydrogen) atoms. The Morgan fingerprint density at radius 3 is 0.962 bits per heavy atom. The molecule has 390 valence electrons. The highest BCUT2D eigenvalue weighted by Crippen LogP contribution is 2.44. The van der Waals surface area contributed by atoms with E-state index in [4.69, 9.17) is 0 Å². The molecule has 0 heteroatoms. The molecule has 0 saturated heterocycles. The Balaban J connectivity index is 0.000000158. The van der Waals surface area contributed by atoms with Crippen LogP contribution in [0.4, 0.5) is 0 Å². The van der Waals surface area contributed by atoms with E-state index in [2.05, 4.69) is 206 Å². The molecule has 0 aromatic heterocycles. The van der Waals surface area contributed by atoms with Crippen molar-refractivity contribution in [3.05, 3.63) is 293 Å². The lowest BCUT2D eigenvalue weighted by molar-refractivity contribution is 1.07. The van der Waals surface area contributed by atoms with Crippen molar-refractivity contribution < 1.29 is 0 Å². The van der Waals surface area contributed by atoms with Gasteiger partial charge < -0.3 is 0 Å². The topological polar surface area (TPSA) is 0 Å². The molecule has 9 aromatic rings. The molecule has 0 saturated carbocycles. The SMILES string of the molecule is C1=C(Cc2ccc3c(c2)-c2cc(CC4=Cc5ccccc5C4)c4ccccc4c2C3)Cc2ccccc21.C1=C(Cc2ccc3c(c2)-c2cc(CC4=Cc5ccccc5C4)ccc2C3)Cc2ccccc21.CC.CC.CC.CC. The zero-order valence-electron chi connectivity index (χ0n) is 47.7. The summed E-state index contributed by atoms with van der Waals surface area (Å²) in [7, 11) is 0. The fourth-order valence-electron chi connectivity index (χ4n) is 12.8. The zero-order valence-corrected chi connectivity index (χ0v) is 47.7. The molecule has 0 radical (unpaired) electrons. The first-order chi connectivity index (χ1) is 38.6. The second kappa shape index (κ2) is 24.7. The van der Waals surface area contributed by atoms with Crippen molar-refractivity contribution in [2.45, 2.75) is 120 Å². The number of benzene rings is 9. The predicted molar refractivity (Wildman–Crippen MR) is 340 cm³/mol. The van der Waals surface area contributed by atoms with Gasteiger partial charge in [-0.25, -0.2) is 0 Å². The summed E-state index contributed by atoms with van der Waals surface area (Å²) in [6.07, 6.45) is 20.2. The van der Waals surface area contributed by atoms with Crippen LogP contribution >= 0.6 is 0 Å². The summed E-state index contributed by atoms with van der Waals surface area (Å²) in [5.41, 5.74) is 35.0. The molecule has 9 aromatic carbocycles. The van der Waals surface area contributed by atoms with Crippen LogP contribution in [0.1, 0.15) is 144 Å². The van der Waals surface area contributed by atoms with E-state index < -0.39 is 0 Å². The van der Waals surface area contributed by atoms with Crippen molar-refractivity contribution in [1.82, 2.24) is 0 Å². The maximum absolute atomic E-state index is 2.52. The Bertz CT molecular complexity index is 3650. The number of hydrogen-bond acceptors (Lipinski definition) is 0. The largest absolute Gasteiger partial charge is 0.0683 e. The van der Waals surface area contributed by atoms with Gasteiger partial charge in [-0.3, -0.25) is 0 Å². The average molecular weight is 1020 g/mol. The molecule has 0 nitrogen and oxygen atoms in total. The molecule has 0 fully saturated rings. The van der Waals surface area contributed by atoms with Crippen LogP contribution in [0.5, 0.6) is 0 Å². The molecule has 0 atom stereocenters. The van der Waals surface area contributed by atoms with Gasteiger partial charge in [-0.15, -0.1) is 0 Å². The van der Waals surface area contributed by atoms with Gasteiger partial charge >= 0.3 is 0 Å². The van der Waals surface area contributed by atoms with Gasteiger partial charge in [-0.1, -0.05) is 278 Å². The second-order valence-electron chi connectivity index (χ2n) is 20.9. The molecule has 6 aliphatic carbocycles. The van der Waals surface area contributed by atoms with Crippen LogP contribution in [0, 0.1) is 0 Å². The standard InChI is InChI=1S/C37H28.C33H26.4C2H6/c1-2-8-28-17-25(16-27(28)7-1)15-24-13-14-31-22-36-34-12-6-5-11-33(34)32(23-37(36)35(31)21-24)20-26-18-29-9-3-4-10-30(29)19-26;1-2-6-27-16-24(15-26(27)5-1)13-22-9-11-30-21-31-12-10-23(20-33(31)32(30)19-22)14-25-17-28-7-3-4-8-29(28)18-25;4*1-2/h1-14,16,18,21,23H,15,17,19-20,22H2;1-12,15,17,19-20H,13-14,16,18,21H2;4*1-2H3. The Morgan fingerprint density at radius 1 is 0.256 bits per heavy atom. The van der Waals surface area contributed by atoms with E-state index in [0.717, 1.165) is 64.2 Å². The van der Waals surface area contributed by atoms with Gasteiger partial charge in [0, 0.05) is 0 Å². The molecule has 0 amide bonds. The van der Waals surface area contributed by atoms with Crippen LogP contribution in [0.15, 0.2) is 204 Å².